The van der Waals surface area contributed by atoms with Gasteiger partial charge in [0.1, 0.15) is 12.0 Å². The smallest absolute Gasteiger partial charge is 0.351 e. The molecule has 1 aromatic rings. The van der Waals surface area contributed by atoms with E-state index in [1.54, 1.807) is 12.3 Å². The van der Waals surface area contributed by atoms with Gasteiger partial charge in [-0.15, -0.1) is 11.6 Å². The molecule has 1 aliphatic heterocycles. The number of nitrogen functional groups attached to an aromatic ring is 1. The largest absolute Gasteiger partial charge is 0.383 e. The minimum Gasteiger partial charge on any atom is -0.383 e. The fourth-order valence-corrected chi connectivity index (χ4v) is 2.97. The summed E-state index contributed by atoms with van der Waals surface area (Å²) in [5.41, 5.74) is 4.74. The van der Waals surface area contributed by atoms with Gasteiger partial charge in [-0.3, -0.25) is 4.57 Å². The molecule has 0 radical (unpaired) electrons. The molecule has 2 heterocycles. The summed E-state index contributed by atoms with van der Waals surface area (Å²) in [6.45, 7) is 4.15. The lowest BCUT2D eigenvalue weighted by Gasteiger charge is -2.29. The monoisotopic (exact) mass is 271 g/mol. The molecular weight excluding hydrogens is 254 g/mol. The number of aromatic nitrogens is 2. The summed E-state index contributed by atoms with van der Waals surface area (Å²) in [5.74, 6) is 0.953. The molecule has 2 N–H and O–H groups in total. The van der Waals surface area contributed by atoms with Gasteiger partial charge in [-0.25, -0.2) is 4.79 Å². The van der Waals surface area contributed by atoms with Gasteiger partial charge in [0.2, 0.25) is 0 Å². The Bertz CT molecular complexity index is 484. The van der Waals surface area contributed by atoms with Crippen LogP contribution in [0.15, 0.2) is 17.1 Å². The molecule has 0 aromatic carbocycles. The zero-order chi connectivity index (χ0) is 13.3. The van der Waals surface area contributed by atoms with E-state index >= 15 is 0 Å². The van der Waals surface area contributed by atoms with Crippen LogP contribution in [0.3, 0.4) is 0 Å². The Morgan fingerprint density at radius 3 is 2.94 bits per heavy atom. The average Bonchev–Trinajstić information content (AvgIpc) is 2.67. The SMILES string of the molecule is CC[C@@]1(CCl)O[C@@H](n2ccc(N)nc2=O)C[C@@H]1C. The van der Waals surface area contributed by atoms with Crippen LogP contribution in [-0.4, -0.2) is 21.0 Å². The molecule has 18 heavy (non-hydrogen) atoms. The van der Waals surface area contributed by atoms with Crippen molar-refractivity contribution in [1.29, 1.82) is 0 Å². The molecule has 1 saturated heterocycles. The minimum absolute atomic E-state index is 0.224. The summed E-state index contributed by atoms with van der Waals surface area (Å²) in [6, 6.07) is 1.60. The van der Waals surface area contributed by atoms with Gasteiger partial charge in [0.15, 0.2) is 0 Å². The number of nitrogens with two attached hydrogens (primary N) is 1. The third-order valence-electron chi connectivity index (χ3n) is 3.81. The van der Waals surface area contributed by atoms with Gasteiger partial charge >= 0.3 is 5.69 Å². The van der Waals surface area contributed by atoms with E-state index in [0.717, 1.165) is 12.8 Å². The lowest BCUT2D eigenvalue weighted by molar-refractivity contribution is -0.0726. The fraction of sp³-hybridized carbons (Fsp3) is 0.667. The number of alkyl halides is 1. The van der Waals surface area contributed by atoms with E-state index in [1.165, 1.54) is 4.57 Å². The van der Waals surface area contributed by atoms with E-state index in [9.17, 15) is 4.79 Å². The van der Waals surface area contributed by atoms with E-state index in [4.69, 9.17) is 22.1 Å². The number of anilines is 1. The molecule has 0 aliphatic carbocycles. The van der Waals surface area contributed by atoms with Crippen LogP contribution in [0.25, 0.3) is 0 Å². The Morgan fingerprint density at radius 2 is 2.44 bits per heavy atom. The normalized spacial score (nSPS) is 31.7. The van der Waals surface area contributed by atoms with Crippen LogP contribution in [0.2, 0.25) is 0 Å². The first-order valence-corrected chi connectivity index (χ1v) is 6.64. The predicted molar refractivity (Wildman–Crippen MR) is 70.6 cm³/mol. The highest BCUT2D eigenvalue weighted by Crippen LogP contribution is 2.43. The second-order valence-electron chi connectivity index (χ2n) is 4.80. The lowest BCUT2D eigenvalue weighted by atomic mass is 9.88. The molecular formula is C12H18ClN3O2. The highest BCUT2D eigenvalue weighted by atomic mass is 35.5. The van der Waals surface area contributed by atoms with Gasteiger partial charge in [0.25, 0.3) is 0 Å². The summed E-state index contributed by atoms with van der Waals surface area (Å²) in [6.07, 6.45) is 2.90. The first-order valence-electron chi connectivity index (χ1n) is 6.11. The number of hydrogen-bond donors (Lipinski definition) is 1. The maximum absolute atomic E-state index is 11.8. The molecule has 2 rings (SSSR count). The maximum atomic E-state index is 11.8. The van der Waals surface area contributed by atoms with Gasteiger partial charge in [0.05, 0.1) is 11.5 Å². The van der Waals surface area contributed by atoms with Crippen molar-refractivity contribution in [3.63, 3.8) is 0 Å². The Morgan fingerprint density at radius 1 is 1.72 bits per heavy atom. The highest BCUT2D eigenvalue weighted by molar-refractivity contribution is 6.18. The predicted octanol–water partition coefficient (Wildman–Crippen LogP) is 1.77. The first-order chi connectivity index (χ1) is 8.52. The molecule has 1 aliphatic rings. The molecule has 1 aromatic heterocycles. The van der Waals surface area contributed by atoms with Crippen molar-refractivity contribution in [3.05, 3.63) is 22.7 Å². The van der Waals surface area contributed by atoms with Gasteiger partial charge in [-0.1, -0.05) is 13.8 Å². The van der Waals surface area contributed by atoms with Crippen LogP contribution < -0.4 is 11.4 Å². The zero-order valence-corrected chi connectivity index (χ0v) is 11.4. The Hall–Kier alpha value is -1.07. The summed E-state index contributed by atoms with van der Waals surface area (Å²) < 4.78 is 7.50. The number of halogens is 1. The number of rotatable bonds is 3. The van der Waals surface area contributed by atoms with Gasteiger partial charge in [0, 0.05) is 6.20 Å². The van der Waals surface area contributed by atoms with Crippen molar-refractivity contribution in [2.45, 2.75) is 38.5 Å². The summed E-state index contributed by atoms with van der Waals surface area (Å²) in [7, 11) is 0. The van der Waals surface area contributed by atoms with Crippen LogP contribution in [-0.2, 0) is 4.74 Å². The molecule has 5 nitrogen and oxygen atoms in total. The number of hydrogen-bond acceptors (Lipinski definition) is 4. The van der Waals surface area contributed by atoms with E-state index in [2.05, 4.69) is 11.9 Å². The van der Waals surface area contributed by atoms with Crippen LogP contribution >= 0.6 is 11.6 Å². The van der Waals surface area contributed by atoms with E-state index in [1.807, 2.05) is 6.92 Å². The van der Waals surface area contributed by atoms with E-state index in [0.29, 0.717) is 11.8 Å². The minimum atomic E-state index is -0.381. The summed E-state index contributed by atoms with van der Waals surface area (Å²) >= 11 is 6.03. The molecule has 1 fully saturated rings. The van der Waals surface area contributed by atoms with Crippen molar-refractivity contribution in [2.24, 2.45) is 5.92 Å². The van der Waals surface area contributed by atoms with Crippen LogP contribution in [0, 0.1) is 5.92 Å². The number of ether oxygens (including phenoxy) is 1. The van der Waals surface area contributed by atoms with Crippen LogP contribution in [0.5, 0.6) is 0 Å². The molecule has 6 heteroatoms. The third kappa shape index (κ3) is 2.12. The molecule has 3 atom stereocenters. The first kappa shape index (κ1) is 13.4. The Balaban J connectivity index is 2.30. The standard InChI is InChI=1S/C12H18ClN3O2/c1-3-12(7-13)8(2)6-10(18-12)16-5-4-9(14)15-11(16)17/h4-5,8,10H,3,6-7H2,1-2H3,(H2,14,15,17)/t8-,10+,12-/m0/s1. The van der Waals surface area contributed by atoms with E-state index in [-0.39, 0.29) is 23.3 Å². The Labute approximate surface area is 111 Å². The van der Waals surface area contributed by atoms with Gasteiger partial charge in [-0.2, -0.15) is 4.98 Å². The fourth-order valence-electron chi connectivity index (χ4n) is 2.46. The Kier molecular flexibility index (Phi) is 3.64. The van der Waals surface area contributed by atoms with E-state index < -0.39 is 0 Å². The van der Waals surface area contributed by atoms with Crippen molar-refractivity contribution >= 4 is 17.4 Å². The average molecular weight is 272 g/mol. The molecule has 0 amide bonds. The molecule has 0 unspecified atom stereocenters. The quantitative estimate of drug-likeness (QED) is 0.851. The zero-order valence-electron chi connectivity index (χ0n) is 10.6. The summed E-state index contributed by atoms with van der Waals surface area (Å²) in [4.78, 5) is 15.5. The van der Waals surface area contributed by atoms with Crippen molar-refractivity contribution in [2.75, 3.05) is 11.6 Å². The van der Waals surface area contributed by atoms with Gasteiger partial charge in [-0.05, 0) is 24.8 Å². The molecule has 0 spiro atoms. The van der Waals surface area contributed by atoms with Crippen molar-refractivity contribution in [1.82, 2.24) is 9.55 Å². The maximum Gasteiger partial charge on any atom is 0.351 e. The molecule has 0 bridgehead atoms. The number of nitrogens with zero attached hydrogens (tertiary/aromatic N) is 2. The summed E-state index contributed by atoms with van der Waals surface area (Å²) in [5, 5.41) is 0. The molecule has 100 valence electrons. The van der Waals surface area contributed by atoms with Crippen LogP contribution in [0.1, 0.15) is 32.9 Å². The van der Waals surface area contributed by atoms with Gasteiger partial charge < -0.3 is 10.5 Å². The van der Waals surface area contributed by atoms with Crippen LogP contribution in [0.4, 0.5) is 5.82 Å². The topological polar surface area (TPSA) is 70.1 Å². The van der Waals surface area contributed by atoms with Crippen molar-refractivity contribution < 1.29 is 4.74 Å². The second-order valence-corrected chi connectivity index (χ2v) is 5.07. The third-order valence-corrected chi connectivity index (χ3v) is 4.26. The lowest BCUT2D eigenvalue weighted by Crippen LogP contribution is -2.36. The highest BCUT2D eigenvalue weighted by Gasteiger charge is 2.45. The molecule has 0 saturated carbocycles. The van der Waals surface area contributed by atoms with Crippen molar-refractivity contribution in [3.8, 4) is 0 Å². The second kappa shape index (κ2) is 4.90.